The molecule has 0 saturated carbocycles. The van der Waals surface area contributed by atoms with Gasteiger partial charge >= 0.3 is 0 Å². The van der Waals surface area contributed by atoms with E-state index < -0.39 is 0 Å². The van der Waals surface area contributed by atoms with E-state index in [2.05, 4.69) is 26.2 Å². The Balaban J connectivity index is 2.06. The zero-order valence-electron chi connectivity index (χ0n) is 10.7. The third-order valence-corrected chi connectivity index (χ3v) is 3.76. The van der Waals surface area contributed by atoms with E-state index in [4.69, 9.17) is 11.6 Å². The van der Waals surface area contributed by atoms with Crippen molar-refractivity contribution in [3.8, 4) is 5.69 Å². The fourth-order valence-electron chi connectivity index (χ4n) is 1.96. The van der Waals surface area contributed by atoms with Gasteiger partial charge < -0.3 is 0 Å². The second-order valence-electron chi connectivity index (χ2n) is 4.32. The molecule has 104 valence electrons. The van der Waals surface area contributed by atoms with Crippen LogP contribution in [0.15, 0.2) is 59.2 Å². The molecule has 0 fully saturated rings. The summed E-state index contributed by atoms with van der Waals surface area (Å²) in [5.74, 6) is -0.221. The van der Waals surface area contributed by atoms with Crippen molar-refractivity contribution < 1.29 is 4.79 Å². The number of hydrogen-bond donors (Lipinski definition) is 0. The molecule has 3 rings (SSSR count). The number of ketones is 1. The number of aromatic nitrogens is 3. The number of rotatable bonds is 3. The van der Waals surface area contributed by atoms with Crippen LogP contribution in [-0.4, -0.2) is 20.8 Å². The lowest BCUT2D eigenvalue weighted by Crippen LogP contribution is -2.10. The molecular formula is C15H9BrClN3O. The summed E-state index contributed by atoms with van der Waals surface area (Å²) in [6, 6.07) is 14.5. The Bertz CT molecular complexity index is 802. The Morgan fingerprint density at radius 3 is 2.62 bits per heavy atom. The number of halogens is 2. The summed E-state index contributed by atoms with van der Waals surface area (Å²) in [5, 5.41) is 8.19. The molecule has 3 aromatic rings. The van der Waals surface area contributed by atoms with E-state index in [0.29, 0.717) is 16.3 Å². The third kappa shape index (κ3) is 2.75. The van der Waals surface area contributed by atoms with Gasteiger partial charge in [0.15, 0.2) is 0 Å². The Labute approximate surface area is 134 Å². The zero-order chi connectivity index (χ0) is 14.8. The fraction of sp³-hybridized carbons (Fsp3) is 0. The van der Waals surface area contributed by atoms with Crippen LogP contribution in [0.25, 0.3) is 5.69 Å². The van der Waals surface area contributed by atoms with E-state index in [-0.39, 0.29) is 5.78 Å². The van der Waals surface area contributed by atoms with E-state index in [1.54, 1.807) is 18.2 Å². The van der Waals surface area contributed by atoms with Crippen molar-refractivity contribution in [3.63, 3.8) is 0 Å². The highest BCUT2D eigenvalue weighted by molar-refractivity contribution is 9.10. The molecule has 0 saturated heterocycles. The molecule has 0 radical (unpaired) electrons. The molecule has 0 aliphatic heterocycles. The van der Waals surface area contributed by atoms with Gasteiger partial charge in [0.25, 0.3) is 0 Å². The summed E-state index contributed by atoms with van der Waals surface area (Å²) in [4.78, 5) is 12.6. The van der Waals surface area contributed by atoms with Crippen LogP contribution in [0.4, 0.5) is 0 Å². The van der Waals surface area contributed by atoms with Crippen LogP contribution >= 0.6 is 27.5 Å². The van der Waals surface area contributed by atoms with E-state index in [9.17, 15) is 4.79 Å². The maximum atomic E-state index is 12.6. The largest absolute Gasteiger partial charge is 0.287 e. The molecule has 4 nitrogen and oxygen atoms in total. The summed E-state index contributed by atoms with van der Waals surface area (Å²) in [6.07, 6.45) is 1.44. The second kappa shape index (κ2) is 5.79. The predicted octanol–water partition coefficient (Wildman–Crippen LogP) is 3.91. The summed E-state index contributed by atoms with van der Waals surface area (Å²) >= 11 is 9.46. The van der Waals surface area contributed by atoms with Crippen molar-refractivity contribution in [1.29, 1.82) is 0 Å². The quantitative estimate of drug-likeness (QED) is 0.664. The molecule has 0 aliphatic rings. The van der Waals surface area contributed by atoms with Gasteiger partial charge in [-0.25, -0.2) is 4.68 Å². The average molecular weight is 363 g/mol. The van der Waals surface area contributed by atoms with Gasteiger partial charge in [0, 0.05) is 10.0 Å². The second-order valence-corrected chi connectivity index (χ2v) is 5.64. The summed E-state index contributed by atoms with van der Waals surface area (Å²) < 4.78 is 2.32. The van der Waals surface area contributed by atoms with E-state index in [1.807, 2.05) is 30.3 Å². The number of para-hydroxylation sites is 1. The fourth-order valence-corrected chi connectivity index (χ4v) is 2.72. The molecular weight excluding hydrogens is 354 g/mol. The van der Waals surface area contributed by atoms with Gasteiger partial charge in [0.2, 0.25) is 5.78 Å². The van der Waals surface area contributed by atoms with Crippen LogP contribution < -0.4 is 0 Å². The number of carbonyl (C=O) groups is 1. The summed E-state index contributed by atoms with van der Waals surface area (Å²) in [5.41, 5.74) is 1.55. The number of nitrogens with zero attached hydrogens (tertiary/aromatic N) is 3. The standard InChI is InChI=1S/C15H9BrClN3O/c16-10-6-7-12(13(17)8-10)15(21)14-9-18-19-20(14)11-4-2-1-3-5-11/h1-9H. The Morgan fingerprint density at radius 1 is 1.14 bits per heavy atom. The molecule has 2 aromatic carbocycles. The first kappa shape index (κ1) is 14.0. The highest BCUT2D eigenvalue weighted by Gasteiger charge is 2.19. The van der Waals surface area contributed by atoms with Crippen molar-refractivity contribution >= 4 is 33.3 Å². The first-order valence-corrected chi connectivity index (χ1v) is 7.30. The topological polar surface area (TPSA) is 47.8 Å². The van der Waals surface area contributed by atoms with Crippen molar-refractivity contribution in [1.82, 2.24) is 15.0 Å². The van der Waals surface area contributed by atoms with Crippen molar-refractivity contribution in [2.45, 2.75) is 0 Å². The smallest absolute Gasteiger partial charge is 0.214 e. The lowest BCUT2D eigenvalue weighted by Gasteiger charge is -2.06. The lowest BCUT2D eigenvalue weighted by molar-refractivity contribution is 0.103. The predicted molar refractivity (Wildman–Crippen MR) is 83.9 cm³/mol. The SMILES string of the molecule is O=C(c1ccc(Br)cc1Cl)c1cnnn1-c1ccccc1. The van der Waals surface area contributed by atoms with Crippen molar-refractivity contribution in [3.05, 3.63) is 75.5 Å². The van der Waals surface area contributed by atoms with Gasteiger partial charge in [-0.1, -0.05) is 50.9 Å². The molecule has 1 aromatic heterocycles. The van der Waals surface area contributed by atoms with Crippen molar-refractivity contribution in [2.75, 3.05) is 0 Å². The summed E-state index contributed by atoms with van der Waals surface area (Å²) in [7, 11) is 0. The molecule has 1 heterocycles. The minimum atomic E-state index is -0.221. The molecule has 0 unspecified atom stereocenters. The molecule has 0 amide bonds. The number of carbonyl (C=O) groups excluding carboxylic acids is 1. The lowest BCUT2D eigenvalue weighted by atomic mass is 10.1. The first-order chi connectivity index (χ1) is 10.2. The minimum Gasteiger partial charge on any atom is -0.287 e. The maximum absolute atomic E-state index is 12.6. The van der Waals surface area contributed by atoms with Crippen molar-refractivity contribution in [2.24, 2.45) is 0 Å². The first-order valence-electron chi connectivity index (χ1n) is 6.12. The molecule has 0 bridgehead atoms. The highest BCUT2D eigenvalue weighted by atomic mass is 79.9. The van der Waals surface area contributed by atoms with Crippen LogP contribution in [0, 0.1) is 0 Å². The van der Waals surface area contributed by atoms with Crippen LogP contribution in [0.1, 0.15) is 16.1 Å². The van der Waals surface area contributed by atoms with Crippen LogP contribution in [0.3, 0.4) is 0 Å². The average Bonchev–Trinajstić information content (AvgIpc) is 2.97. The Kier molecular flexibility index (Phi) is 3.86. The monoisotopic (exact) mass is 361 g/mol. The van der Waals surface area contributed by atoms with Gasteiger partial charge in [-0.05, 0) is 30.3 Å². The van der Waals surface area contributed by atoms with Gasteiger partial charge in [0.1, 0.15) is 5.69 Å². The zero-order valence-corrected chi connectivity index (χ0v) is 13.0. The van der Waals surface area contributed by atoms with E-state index >= 15 is 0 Å². The molecule has 21 heavy (non-hydrogen) atoms. The minimum absolute atomic E-state index is 0.221. The van der Waals surface area contributed by atoms with E-state index in [0.717, 1.165) is 10.2 Å². The molecule has 0 N–H and O–H groups in total. The number of hydrogen-bond acceptors (Lipinski definition) is 3. The van der Waals surface area contributed by atoms with Gasteiger partial charge in [-0.3, -0.25) is 4.79 Å². The molecule has 0 aliphatic carbocycles. The van der Waals surface area contributed by atoms with Gasteiger partial charge in [0.05, 0.1) is 16.9 Å². The Hall–Kier alpha value is -1.98. The van der Waals surface area contributed by atoms with Crippen LogP contribution in [0.5, 0.6) is 0 Å². The van der Waals surface area contributed by atoms with Crippen LogP contribution in [0.2, 0.25) is 5.02 Å². The van der Waals surface area contributed by atoms with Crippen LogP contribution in [-0.2, 0) is 0 Å². The Morgan fingerprint density at radius 2 is 1.90 bits per heavy atom. The molecule has 6 heteroatoms. The highest BCUT2D eigenvalue weighted by Crippen LogP contribution is 2.24. The van der Waals surface area contributed by atoms with Gasteiger partial charge in [-0.15, -0.1) is 5.10 Å². The van der Waals surface area contributed by atoms with Gasteiger partial charge in [-0.2, -0.15) is 0 Å². The molecule has 0 spiro atoms. The maximum Gasteiger partial charge on any atom is 0.214 e. The molecule has 0 atom stereocenters. The van der Waals surface area contributed by atoms with E-state index in [1.165, 1.54) is 10.9 Å². The number of benzene rings is 2. The normalized spacial score (nSPS) is 10.6. The summed E-state index contributed by atoms with van der Waals surface area (Å²) in [6.45, 7) is 0. The third-order valence-electron chi connectivity index (χ3n) is 2.96.